The fourth-order valence-electron chi connectivity index (χ4n) is 6.39. The molecule has 0 atom stereocenters. The quantitative estimate of drug-likeness (QED) is 0.868. The maximum absolute atomic E-state index is 13.4. The van der Waals surface area contributed by atoms with Crippen molar-refractivity contribution in [2.24, 2.45) is 17.8 Å². The number of rotatable bonds is 4. The molecule has 2 aromatic rings. The van der Waals surface area contributed by atoms with Gasteiger partial charge in [0.25, 0.3) is 5.91 Å². The standard InChI is InChI=1S/C21H25N3O3/c1-2-15-3-4-24-16(11-22-18(24)20(26)27)17(15)19(25)23-21-8-12-5-13(9-21)7-14(6-12)10-21/h3-4,11-14H,2,5-10H2,1H3,(H,23,25)(H,26,27). The maximum Gasteiger partial charge on any atom is 0.372 e. The van der Waals surface area contributed by atoms with Gasteiger partial charge in [0.2, 0.25) is 5.82 Å². The van der Waals surface area contributed by atoms with E-state index in [1.165, 1.54) is 29.9 Å². The van der Waals surface area contributed by atoms with E-state index in [-0.39, 0.29) is 17.3 Å². The predicted molar refractivity (Wildman–Crippen MR) is 99.9 cm³/mol. The average molecular weight is 367 g/mol. The van der Waals surface area contributed by atoms with Gasteiger partial charge in [-0.05, 0) is 74.3 Å². The van der Waals surface area contributed by atoms with E-state index in [0.717, 1.165) is 42.6 Å². The second kappa shape index (κ2) is 5.81. The molecule has 142 valence electrons. The van der Waals surface area contributed by atoms with Crippen molar-refractivity contribution in [3.8, 4) is 0 Å². The van der Waals surface area contributed by atoms with Crippen LogP contribution in [-0.4, -0.2) is 31.9 Å². The molecule has 0 saturated heterocycles. The molecule has 2 aromatic heterocycles. The largest absolute Gasteiger partial charge is 0.475 e. The molecule has 4 saturated carbocycles. The molecule has 0 spiro atoms. The van der Waals surface area contributed by atoms with Crippen LogP contribution in [0.2, 0.25) is 0 Å². The smallest absolute Gasteiger partial charge is 0.372 e. The van der Waals surface area contributed by atoms with Gasteiger partial charge in [-0.1, -0.05) is 6.92 Å². The molecule has 0 radical (unpaired) electrons. The van der Waals surface area contributed by atoms with Crippen LogP contribution in [0.4, 0.5) is 0 Å². The van der Waals surface area contributed by atoms with Crippen LogP contribution >= 0.6 is 0 Å². The third kappa shape index (κ3) is 2.57. The van der Waals surface area contributed by atoms with E-state index < -0.39 is 5.97 Å². The van der Waals surface area contributed by atoms with Crippen molar-refractivity contribution in [2.75, 3.05) is 0 Å². The van der Waals surface area contributed by atoms with E-state index in [0.29, 0.717) is 17.5 Å². The zero-order chi connectivity index (χ0) is 18.8. The van der Waals surface area contributed by atoms with Gasteiger partial charge in [-0.15, -0.1) is 0 Å². The van der Waals surface area contributed by atoms with Crippen LogP contribution in [0.15, 0.2) is 18.5 Å². The number of nitrogens with one attached hydrogen (secondary N) is 1. The SMILES string of the molecule is CCc1ccn2c(C(=O)O)ncc2c1C(=O)NC12CC3CC(CC(C3)C1)C2. The lowest BCUT2D eigenvalue weighted by Gasteiger charge is -2.56. The Morgan fingerprint density at radius 1 is 1.22 bits per heavy atom. The Bertz CT molecular complexity index is 910. The number of nitrogens with zero attached hydrogens (tertiary/aromatic N) is 2. The first-order chi connectivity index (χ1) is 13.0. The number of aryl methyl sites for hydroxylation is 1. The second-order valence-electron chi connectivity index (χ2n) is 8.86. The van der Waals surface area contributed by atoms with Crippen LogP contribution in [0.25, 0.3) is 5.52 Å². The molecule has 4 fully saturated rings. The Labute approximate surface area is 158 Å². The van der Waals surface area contributed by atoms with Gasteiger partial charge in [-0.2, -0.15) is 0 Å². The Kier molecular flexibility index (Phi) is 3.61. The Balaban J connectivity index is 1.53. The zero-order valence-electron chi connectivity index (χ0n) is 15.6. The molecule has 0 aromatic carbocycles. The van der Waals surface area contributed by atoms with Crippen LogP contribution < -0.4 is 5.32 Å². The number of aromatic nitrogens is 2. The van der Waals surface area contributed by atoms with Gasteiger partial charge in [0.15, 0.2) is 0 Å². The van der Waals surface area contributed by atoms with Crippen molar-refractivity contribution in [1.29, 1.82) is 0 Å². The average Bonchev–Trinajstić information content (AvgIpc) is 3.03. The summed E-state index contributed by atoms with van der Waals surface area (Å²) in [6, 6.07) is 1.84. The highest BCUT2D eigenvalue weighted by molar-refractivity contribution is 6.03. The van der Waals surface area contributed by atoms with Gasteiger partial charge in [0.1, 0.15) is 0 Å². The number of fused-ring (bicyclic) bond motifs is 1. The van der Waals surface area contributed by atoms with Gasteiger partial charge in [-0.25, -0.2) is 9.78 Å². The predicted octanol–water partition coefficient (Wildman–Crippen LogP) is 3.29. The van der Waals surface area contributed by atoms with E-state index in [2.05, 4.69) is 10.3 Å². The van der Waals surface area contributed by atoms with Crippen molar-refractivity contribution < 1.29 is 14.7 Å². The minimum Gasteiger partial charge on any atom is -0.475 e. The molecule has 2 N–H and O–H groups in total. The van der Waals surface area contributed by atoms with Crippen molar-refractivity contribution in [3.63, 3.8) is 0 Å². The summed E-state index contributed by atoms with van der Waals surface area (Å²) < 4.78 is 1.51. The van der Waals surface area contributed by atoms with Crippen molar-refractivity contribution >= 4 is 17.4 Å². The third-order valence-corrected chi connectivity index (χ3v) is 7.02. The summed E-state index contributed by atoms with van der Waals surface area (Å²) in [7, 11) is 0. The van der Waals surface area contributed by atoms with Crippen molar-refractivity contribution in [2.45, 2.75) is 57.4 Å². The first-order valence-electron chi connectivity index (χ1n) is 10.0. The molecular weight excluding hydrogens is 342 g/mol. The second-order valence-corrected chi connectivity index (χ2v) is 8.86. The lowest BCUT2D eigenvalue weighted by atomic mass is 9.53. The summed E-state index contributed by atoms with van der Waals surface area (Å²) >= 11 is 0. The third-order valence-electron chi connectivity index (χ3n) is 7.02. The lowest BCUT2D eigenvalue weighted by molar-refractivity contribution is -0.0166. The number of pyridine rings is 1. The van der Waals surface area contributed by atoms with Crippen LogP contribution in [0.1, 0.15) is 72.0 Å². The number of hydrogen-bond acceptors (Lipinski definition) is 3. The van der Waals surface area contributed by atoms with E-state index >= 15 is 0 Å². The number of carbonyl (C=O) groups excluding carboxylic acids is 1. The van der Waals surface area contributed by atoms with Gasteiger partial charge in [0.05, 0.1) is 17.3 Å². The number of hydrogen-bond donors (Lipinski definition) is 2. The topological polar surface area (TPSA) is 83.7 Å². The minimum absolute atomic E-state index is 0.0588. The van der Waals surface area contributed by atoms with Crippen molar-refractivity contribution in [3.05, 3.63) is 35.4 Å². The molecule has 4 bridgehead atoms. The summed E-state index contributed by atoms with van der Waals surface area (Å²) in [6.45, 7) is 2.02. The highest BCUT2D eigenvalue weighted by atomic mass is 16.4. The molecule has 2 heterocycles. The monoisotopic (exact) mass is 367 g/mol. The summed E-state index contributed by atoms with van der Waals surface area (Å²) in [4.78, 5) is 28.9. The summed E-state index contributed by atoms with van der Waals surface area (Å²) in [6.07, 6.45) is 11.2. The fraction of sp³-hybridized carbons (Fsp3) is 0.571. The van der Waals surface area contributed by atoms with E-state index in [1.54, 1.807) is 6.20 Å². The van der Waals surface area contributed by atoms with E-state index in [1.807, 2.05) is 13.0 Å². The molecule has 6 heteroatoms. The first-order valence-corrected chi connectivity index (χ1v) is 10.0. The molecule has 6 rings (SSSR count). The van der Waals surface area contributed by atoms with Gasteiger partial charge >= 0.3 is 5.97 Å². The van der Waals surface area contributed by atoms with Gasteiger partial charge < -0.3 is 10.4 Å². The van der Waals surface area contributed by atoms with E-state index in [9.17, 15) is 14.7 Å². The molecule has 4 aliphatic rings. The van der Waals surface area contributed by atoms with Gasteiger partial charge in [0, 0.05) is 11.7 Å². The number of aromatic carboxylic acids is 1. The minimum atomic E-state index is -1.09. The molecule has 4 aliphatic carbocycles. The number of imidazole rings is 1. The highest BCUT2D eigenvalue weighted by Crippen LogP contribution is 2.55. The van der Waals surface area contributed by atoms with Crippen molar-refractivity contribution in [1.82, 2.24) is 14.7 Å². The summed E-state index contributed by atoms with van der Waals surface area (Å²) in [5.74, 6) is 1.05. The number of carboxylic acids is 1. The first kappa shape index (κ1) is 16.8. The molecule has 1 amide bonds. The number of carbonyl (C=O) groups is 2. The van der Waals surface area contributed by atoms with Gasteiger partial charge in [-0.3, -0.25) is 9.20 Å². The van der Waals surface area contributed by atoms with Crippen LogP contribution in [0.3, 0.4) is 0 Å². The summed E-state index contributed by atoms with van der Waals surface area (Å²) in [5.41, 5.74) is 2.02. The Morgan fingerprint density at radius 3 is 2.41 bits per heavy atom. The number of carboxylic acid groups (broad SMARTS) is 1. The molecule has 27 heavy (non-hydrogen) atoms. The molecule has 0 unspecified atom stereocenters. The highest BCUT2D eigenvalue weighted by Gasteiger charge is 2.51. The normalized spacial score (nSPS) is 31.4. The van der Waals surface area contributed by atoms with Crippen LogP contribution in [0.5, 0.6) is 0 Å². The van der Waals surface area contributed by atoms with E-state index in [4.69, 9.17) is 0 Å². The molecule has 6 nitrogen and oxygen atoms in total. The van der Waals surface area contributed by atoms with Crippen LogP contribution in [0, 0.1) is 17.8 Å². The molecular formula is C21H25N3O3. The maximum atomic E-state index is 13.4. The molecule has 0 aliphatic heterocycles. The Morgan fingerprint density at radius 2 is 1.85 bits per heavy atom. The summed E-state index contributed by atoms with van der Waals surface area (Å²) in [5, 5.41) is 12.8. The number of amides is 1. The Hall–Kier alpha value is -2.37. The zero-order valence-corrected chi connectivity index (χ0v) is 15.6. The van der Waals surface area contributed by atoms with Crippen LogP contribution in [-0.2, 0) is 6.42 Å². The fourth-order valence-corrected chi connectivity index (χ4v) is 6.39. The lowest BCUT2D eigenvalue weighted by Crippen LogP contribution is -2.59.